The average Bonchev–Trinajstić information content (AvgIpc) is 2.95. The van der Waals surface area contributed by atoms with E-state index in [-0.39, 0.29) is 11.8 Å². The summed E-state index contributed by atoms with van der Waals surface area (Å²) >= 11 is 1.24. The molecule has 2 rings (SSSR count). The second-order valence-electron chi connectivity index (χ2n) is 5.05. The highest BCUT2D eigenvalue weighted by Crippen LogP contribution is 2.24. The number of anilines is 1. The summed E-state index contributed by atoms with van der Waals surface area (Å²) in [5, 5.41) is 4.85. The molecule has 0 bridgehead atoms. The van der Waals surface area contributed by atoms with Crippen molar-refractivity contribution >= 4 is 34.1 Å². The first-order chi connectivity index (χ1) is 10.9. The summed E-state index contributed by atoms with van der Waals surface area (Å²) in [5.74, 6) is -1.16. The van der Waals surface area contributed by atoms with Crippen LogP contribution in [0, 0.1) is 13.8 Å². The van der Waals surface area contributed by atoms with E-state index in [0.717, 1.165) is 11.1 Å². The second kappa shape index (κ2) is 7.06. The fraction of sp³-hybridized carbons (Fsp3) is 0.188. The summed E-state index contributed by atoms with van der Waals surface area (Å²) in [4.78, 5) is 35.1. The summed E-state index contributed by atoms with van der Waals surface area (Å²) in [6, 6.07) is 7.00. The number of hydrogen-bond donors (Lipinski definition) is 3. The molecule has 1 aromatic heterocycles. The Labute approximate surface area is 137 Å². The topological polar surface area (TPSA) is 87.3 Å². The van der Waals surface area contributed by atoms with Crippen LogP contribution in [-0.4, -0.2) is 17.7 Å². The summed E-state index contributed by atoms with van der Waals surface area (Å²) < 4.78 is 0. The van der Waals surface area contributed by atoms with E-state index < -0.39 is 5.91 Å². The van der Waals surface area contributed by atoms with Gasteiger partial charge in [-0.05, 0) is 48.6 Å². The number of nitrogens with one attached hydrogen (secondary N) is 3. The number of hydrogen-bond acceptors (Lipinski definition) is 4. The summed E-state index contributed by atoms with van der Waals surface area (Å²) in [7, 11) is 0. The van der Waals surface area contributed by atoms with Gasteiger partial charge in [-0.25, -0.2) is 0 Å². The van der Waals surface area contributed by atoms with E-state index in [1.807, 2.05) is 19.9 Å². The van der Waals surface area contributed by atoms with Gasteiger partial charge in [0, 0.05) is 12.5 Å². The Kier molecular flexibility index (Phi) is 5.13. The summed E-state index contributed by atoms with van der Waals surface area (Å²) in [6.45, 7) is 5.20. The minimum atomic E-state index is -0.489. The Bertz CT molecular complexity index is 768. The van der Waals surface area contributed by atoms with Crippen LogP contribution >= 0.6 is 11.3 Å². The maximum absolute atomic E-state index is 12.3. The number of carbonyl (C=O) groups is 3. The van der Waals surface area contributed by atoms with Gasteiger partial charge in [0.1, 0.15) is 5.00 Å². The Hall–Kier alpha value is -2.67. The molecule has 0 aliphatic carbocycles. The predicted octanol–water partition coefficient (Wildman–Crippen LogP) is 2.40. The van der Waals surface area contributed by atoms with Gasteiger partial charge in [0.2, 0.25) is 5.91 Å². The lowest BCUT2D eigenvalue weighted by Crippen LogP contribution is -2.40. The van der Waals surface area contributed by atoms with Crippen LogP contribution in [0.5, 0.6) is 0 Å². The zero-order valence-corrected chi connectivity index (χ0v) is 13.8. The van der Waals surface area contributed by atoms with Crippen molar-refractivity contribution in [1.29, 1.82) is 0 Å². The first-order valence-electron chi connectivity index (χ1n) is 6.91. The van der Waals surface area contributed by atoms with Gasteiger partial charge in [0.05, 0.1) is 5.56 Å². The van der Waals surface area contributed by atoms with Crippen LogP contribution in [0.25, 0.3) is 0 Å². The normalized spacial score (nSPS) is 10.0. The van der Waals surface area contributed by atoms with Crippen molar-refractivity contribution < 1.29 is 14.4 Å². The molecule has 7 heteroatoms. The van der Waals surface area contributed by atoms with Gasteiger partial charge in [-0.15, -0.1) is 11.3 Å². The van der Waals surface area contributed by atoms with E-state index in [1.54, 1.807) is 23.6 Å². The van der Waals surface area contributed by atoms with Gasteiger partial charge in [-0.3, -0.25) is 25.2 Å². The third-order valence-corrected chi connectivity index (χ3v) is 4.09. The molecule has 2 aromatic rings. The maximum Gasteiger partial charge on any atom is 0.272 e. The van der Waals surface area contributed by atoms with Crippen molar-refractivity contribution in [3.05, 3.63) is 51.9 Å². The molecular weight excluding hydrogens is 314 g/mol. The minimum Gasteiger partial charge on any atom is -0.313 e. The highest BCUT2D eigenvalue weighted by atomic mass is 32.1. The molecule has 0 atom stereocenters. The number of aryl methyl sites for hydroxylation is 2. The molecule has 0 aliphatic heterocycles. The second-order valence-corrected chi connectivity index (χ2v) is 5.97. The van der Waals surface area contributed by atoms with Crippen molar-refractivity contribution in [2.24, 2.45) is 0 Å². The number of carbonyl (C=O) groups excluding carboxylic acids is 3. The van der Waals surface area contributed by atoms with E-state index in [0.29, 0.717) is 16.1 Å². The smallest absolute Gasteiger partial charge is 0.272 e. The lowest BCUT2D eigenvalue weighted by molar-refractivity contribution is -0.119. The Morgan fingerprint density at radius 1 is 0.957 bits per heavy atom. The molecule has 0 radical (unpaired) electrons. The number of thiophene rings is 1. The average molecular weight is 331 g/mol. The van der Waals surface area contributed by atoms with Crippen LogP contribution in [0.3, 0.4) is 0 Å². The molecule has 1 aromatic carbocycles. The third kappa shape index (κ3) is 4.17. The number of hydrazine groups is 1. The Balaban J connectivity index is 2.13. The zero-order chi connectivity index (χ0) is 17.0. The third-order valence-electron chi connectivity index (χ3n) is 3.26. The standard InChI is InChI=1S/C16H17N3O3S/c1-9-4-5-12(8-10(9)2)14(21)17-16-13(6-7-23-16)15(22)19-18-11(3)20/h4-8H,1-3H3,(H,17,21)(H,18,20)(H,19,22). The maximum atomic E-state index is 12.3. The SMILES string of the molecule is CC(=O)NNC(=O)c1ccsc1NC(=O)c1ccc(C)c(C)c1. The molecule has 120 valence electrons. The van der Waals surface area contributed by atoms with Crippen LogP contribution in [0.2, 0.25) is 0 Å². The van der Waals surface area contributed by atoms with E-state index in [2.05, 4.69) is 16.2 Å². The zero-order valence-electron chi connectivity index (χ0n) is 13.0. The number of amides is 3. The largest absolute Gasteiger partial charge is 0.313 e. The van der Waals surface area contributed by atoms with E-state index in [1.165, 1.54) is 18.3 Å². The van der Waals surface area contributed by atoms with Crippen LogP contribution in [0.15, 0.2) is 29.6 Å². The van der Waals surface area contributed by atoms with Crippen LogP contribution in [0.4, 0.5) is 5.00 Å². The van der Waals surface area contributed by atoms with Gasteiger partial charge >= 0.3 is 0 Å². The van der Waals surface area contributed by atoms with Gasteiger partial charge in [-0.2, -0.15) is 0 Å². The van der Waals surface area contributed by atoms with Crippen molar-refractivity contribution in [2.45, 2.75) is 20.8 Å². The fourth-order valence-corrected chi connectivity index (χ4v) is 2.63. The molecule has 6 nitrogen and oxygen atoms in total. The van der Waals surface area contributed by atoms with E-state index in [4.69, 9.17) is 0 Å². The molecule has 0 saturated carbocycles. The molecule has 0 unspecified atom stereocenters. The van der Waals surface area contributed by atoms with Crippen molar-refractivity contribution in [3.8, 4) is 0 Å². The molecule has 3 amide bonds. The first kappa shape index (κ1) is 16.7. The van der Waals surface area contributed by atoms with Gasteiger partial charge < -0.3 is 5.32 Å². The molecule has 23 heavy (non-hydrogen) atoms. The molecular formula is C16H17N3O3S. The highest BCUT2D eigenvalue weighted by Gasteiger charge is 2.16. The molecule has 1 heterocycles. The lowest BCUT2D eigenvalue weighted by Gasteiger charge is -2.08. The van der Waals surface area contributed by atoms with Crippen LogP contribution in [-0.2, 0) is 4.79 Å². The van der Waals surface area contributed by atoms with Crippen molar-refractivity contribution in [3.63, 3.8) is 0 Å². The summed E-state index contributed by atoms with van der Waals surface area (Å²) in [6.07, 6.45) is 0. The highest BCUT2D eigenvalue weighted by molar-refractivity contribution is 7.14. The Morgan fingerprint density at radius 2 is 1.70 bits per heavy atom. The monoisotopic (exact) mass is 331 g/mol. The van der Waals surface area contributed by atoms with Crippen LogP contribution in [0.1, 0.15) is 38.8 Å². The van der Waals surface area contributed by atoms with Gasteiger partial charge in [0.25, 0.3) is 11.8 Å². The molecule has 3 N–H and O–H groups in total. The van der Waals surface area contributed by atoms with Gasteiger partial charge in [-0.1, -0.05) is 6.07 Å². The lowest BCUT2D eigenvalue weighted by atomic mass is 10.1. The van der Waals surface area contributed by atoms with Crippen molar-refractivity contribution in [1.82, 2.24) is 10.9 Å². The first-order valence-corrected chi connectivity index (χ1v) is 7.79. The minimum absolute atomic E-state index is 0.288. The number of rotatable bonds is 3. The molecule has 0 saturated heterocycles. The predicted molar refractivity (Wildman–Crippen MR) is 89.5 cm³/mol. The van der Waals surface area contributed by atoms with Crippen LogP contribution < -0.4 is 16.2 Å². The van der Waals surface area contributed by atoms with E-state index in [9.17, 15) is 14.4 Å². The molecule has 0 spiro atoms. The molecule has 0 aliphatic rings. The number of benzene rings is 1. The van der Waals surface area contributed by atoms with Gasteiger partial charge in [0.15, 0.2) is 0 Å². The molecule has 0 fully saturated rings. The van der Waals surface area contributed by atoms with E-state index >= 15 is 0 Å². The Morgan fingerprint density at radius 3 is 2.35 bits per heavy atom. The summed E-state index contributed by atoms with van der Waals surface area (Å²) in [5.41, 5.74) is 7.43. The fourth-order valence-electron chi connectivity index (χ4n) is 1.85. The van der Waals surface area contributed by atoms with Crippen molar-refractivity contribution in [2.75, 3.05) is 5.32 Å². The quantitative estimate of drug-likeness (QED) is 0.755.